The fourth-order valence-corrected chi connectivity index (χ4v) is 2.21. The summed E-state index contributed by atoms with van der Waals surface area (Å²) in [6.45, 7) is 6.35. The van der Waals surface area contributed by atoms with Gasteiger partial charge in [-0.2, -0.15) is 5.10 Å². The smallest absolute Gasteiger partial charge is 0.0902 e. The van der Waals surface area contributed by atoms with Gasteiger partial charge in [0, 0.05) is 32.8 Å². The van der Waals surface area contributed by atoms with E-state index in [4.69, 9.17) is 10.5 Å². The molecule has 0 aliphatic carbocycles. The Labute approximate surface area is 96.2 Å². The second-order valence-corrected chi connectivity index (χ2v) is 4.35. The Kier molecular flexibility index (Phi) is 3.58. The van der Waals surface area contributed by atoms with Crippen molar-refractivity contribution in [2.24, 2.45) is 5.73 Å². The van der Waals surface area contributed by atoms with Crippen molar-refractivity contribution in [2.45, 2.75) is 32.7 Å². The van der Waals surface area contributed by atoms with Gasteiger partial charge in [-0.15, -0.1) is 0 Å². The molecular weight excluding hydrogens is 204 g/mol. The van der Waals surface area contributed by atoms with Crippen molar-refractivity contribution in [1.82, 2.24) is 14.7 Å². The fourth-order valence-electron chi connectivity index (χ4n) is 2.21. The summed E-state index contributed by atoms with van der Waals surface area (Å²) < 4.78 is 7.19. The van der Waals surface area contributed by atoms with E-state index < -0.39 is 0 Å². The van der Waals surface area contributed by atoms with Gasteiger partial charge in [-0.05, 0) is 13.0 Å². The van der Waals surface area contributed by atoms with Crippen LogP contribution in [-0.4, -0.2) is 40.9 Å². The van der Waals surface area contributed by atoms with Crippen molar-refractivity contribution in [3.8, 4) is 0 Å². The summed E-state index contributed by atoms with van der Waals surface area (Å²) >= 11 is 0. The highest BCUT2D eigenvalue weighted by molar-refractivity contribution is 5.12. The highest BCUT2D eigenvalue weighted by Gasteiger charge is 2.23. The van der Waals surface area contributed by atoms with Gasteiger partial charge in [0.05, 0.1) is 24.5 Å². The topological polar surface area (TPSA) is 56.3 Å². The van der Waals surface area contributed by atoms with E-state index >= 15 is 0 Å². The van der Waals surface area contributed by atoms with E-state index in [1.165, 1.54) is 5.69 Å². The number of ether oxygens (including phenoxy) is 1. The van der Waals surface area contributed by atoms with Crippen LogP contribution in [0.2, 0.25) is 0 Å². The van der Waals surface area contributed by atoms with Crippen molar-refractivity contribution in [1.29, 1.82) is 0 Å². The molecular formula is C11H20N4O. The maximum atomic E-state index is 5.61. The van der Waals surface area contributed by atoms with Gasteiger partial charge in [0.15, 0.2) is 0 Å². The van der Waals surface area contributed by atoms with Gasteiger partial charge < -0.3 is 10.5 Å². The van der Waals surface area contributed by atoms with E-state index in [1.54, 1.807) is 7.11 Å². The Hall–Kier alpha value is -0.910. The first-order valence-corrected chi connectivity index (χ1v) is 5.73. The summed E-state index contributed by atoms with van der Waals surface area (Å²) in [5, 5.41) is 4.52. The van der Waals surface area contributed by atoms with Crippen molar-refractivity contribution in [2.75, 3.05) is 20.2 Å². The molecule has 2 N–H and O–H groups in total. The molecule has 0 saturated heterocycles. The molecule has 0 saturated carbocycles. The number of nitrogens with two attached hydrogens (primary N) is 1. The Bertz CT molecular complexity index is 350. The molecule has 0 aromatic carbocycles. The van der Waals surface area contributed by atoms with Gasteiger partial charge in [-0.3, -0.25) is 9.58 Å². The highest BCUT2D eigenvalue weighted by atomic mass is 16.5. The molecule has 0 fully saturated rings. The van der Waals surface area contributed by atoms with Gasteiger partial charge in [0.25, 0.3) is 0 Å². The summed E-state index contributed by atoms with van der Waals surface area (Å²) in [6.07, 6.45) is 0. The molecule has 5 heteroatoms. The van der Waals surface area contributed by atoms with Crippen molar-refractivity contribution >= 4 is 0 Å². The second-order valence-electron chi connectivity index (χ2n) is 4.35. The van der Waals surface area contributed by atoms with E-state index in [9.17, 15) is 0 Å². The second kappa shape index (κ2) is 4.95. The third-order valence-corrected chi connectivity index (χ3v) is 3.05. The van der Waals surface area contributed by atoms with E-state index in [1.807, 2.05) is 0 Å². The summed E-state index contributed by atoms with van der Waals surface area (Å²) in [7, 11) is 1.70. The lowest BCUT2D eigenvalue weighted by atomic mass is 10.2. The molecule has 1 atom stereocenters. The lowest BCUT2D eigenvalue weighted by Crippen LogP contribution is -2.43. The summed E-state index contributed by atoms with van der Waals surface area (Å²) in [5.74, 6) is 0. The number of rotatable bonds is 4. The van der Waals surface area contributed by atoms with E-state index in [2.05, 4.69) is 27.7 Å². The monoisotopic (exact) mass is 224 g/mol. The molecule has 1 aromatic heterocycles. The zero-order valence-corrected chi connectivity index (χ0v) is 10.0. The molecule has 90 valence electrons. The molecule has 16 heavy (non-hydrogen) atoms. The van der Waals surface area contributed by atoms with E-state index in [-0.39, 0.29) is 0 Å². The van der Waals surface area contributed by atoms with Crippen LogP contribution in [0.15, 0.2) is 6.07 Å². The number of fused-ring (bicyclic) bond motifs is 1. The van der Waals surface area contributed by atoms with Gasteiger partial charge in [-0.1, -0.05) is 0 Å². The van der Waals surface area contributed by atoms with Crippen LogP contribution in [0.5, 0.6) is 0 Å². The fraction of sp³-hybridized carbons (Fsp3) is 0.727. The number of hydrogen-bond acceptors (Lipinski definition) is 4. The van der Waals surface area contributed by atoms with Crippen LogP contribution >= 0.6 is 0 Å². The lowest BCUT2D eigenvalue weighted by Gasteiger charge is -2.33. The standard InChI is InChI=1S/C11H20N4O/c1-9-6-15-11(7-14(9)4-3-12)5-10(13-15)8-16-2/h5,9H,3-4,6-8,12H2,1-2H3/t9-/m1/s1. The van der Waals surface area contributed by atoms with E-state index in [0.29, 0.717) is 19.2 Å². The maximum absolute atomic E-state index is 5.61. The zero-order chi connectivity index (χ0) is 11.5. The van der Waals surface area contributed by atoms with Gasteiger partial charge in [-0.25, -0.2) is 0 Å². The number of hydrogen-bond donors (Lipinski definition) is 1. The predicted octanol–water partition coefficient (Wildman–Crippen LogP) is 0.192. The van der Waals surface area contributed by atoms with Crippen LogP contribution in [0, 0.1) is 0 Å². The Morgan fingerprint density at radius 3 is 3.12 bits per heavy atom. The van der Waals surface area contributed by atoms with Crippen LogP contribution in [0.3, 0.4) is 0 Å². The number of nitrogens with zero attached hydrogens (tertiary/aromatic N) is 3. The molecule has 1 aromatic rings. The zero-order valence-electron chi connectivity index (χ0n) is 10.0. The molecule has 0 radical (unpaired) electrons. The Balaban J connectivity index is 2.12. The molecule has 0 bridgehead atoms. The lowest BCUT2D eigenvalue weighted by molar-refractivity contribution is 0.148. The average Bonchev–Trinajstić information content (AvgIpc) is 2.61. The Morgan fingerprint density at radius 1 is 1.62 bits per heavy atom. The SMILES string of the molecule is COCc1cc2n(n1)C[C@@H](C)N(CCN)C2. The molecule has 5 nitrogen and oxygen atoms in total. The third kappa shape index (κ3) is 2.26. The molecule has 2 rings (SSSR count). The quantitative estimate of drug-likeness (QED) is 0.793. The van der Waals surface area contributed by atoms with Crippen LogP contribution < -0.4 is 5.73 Å². The third-order valence-electron chi connectivity index (χ3n) is 3.05. The van der Waals surface area contributed by atoms with Crippen LogP contribution in [0.4, 0.5) is 0 Å². The first-order chi connectivity index (χ1) is 7.74. The molecule has 1 aliphatic rings. The maximum Gasteiger partial charge on any atom is 0.0902 e. The molecule has 1 aliphatic heterocycles. The minimum Gasteiger partial charge on any atom is -0.378 e. The summed E-state index contributed by atoms with van der Waals surface area (Å²) in [6, 6.07) is 2.63. The first-order valence-electron chi connectivity index (χ1n) is 5.73. The van der Waals surface area contributed by atoms with Gasteiger partial charge in [0.2, 0.25) is 0 Å². The van der Waals surface area contributed by atoms with Crippen LogP contribution in [-0.2, 0) is 24.4 Å². The van der Waals surface area contributed by atoms with Gasteiger partial charge >= 0.3 is 0 Å². The molecule has 2 heterocycles. The van der Waals surface area contributed by atoms with Crippen LogP contribution in [0.25, 0.3) is 0 Å². The van der Waals surface area contributed by atoms with Crippen molar-refractivity contribution < 1.29 is 4.74 Å². The average molecular weight is 224 g/mol. The first kappa shape index (κ1) is 11.6. The molecule has 0 unspecified atom stereocenters. The Morgan fingerprint density at radius 2 is 2.44 bits per heavy atom. The normalized spacial score (nSPS) is 21.1. The van der Waals surface area contributed by atoms with Crippen molar-refractivity contribution in [3.05, 3.63) is 17.5 Å². The highest BCUT2D eigenvalue weighted by Crippen LogP contribution is 2.17. The minimum atomic E-state index is 0.506. The summed E-state index contributed by atoms with van der Waals surface area (Å²) in [4.78, 5) is 2.40. The largest absolute Gasteiger partial charge is 0.378 e. The number of aromatic nitrogens is 2. The summed E-state index contributed by atoms with van der Waals surface area (Å²) in [5.41, 5.74) is 7.89. The molecule has 0 amide bonds. The van der Waals surface area contributed by atoms with Gasteiger partial charge in [0.1, 0.15) is 0 Å². The van der Waals surface area contributed by atoms with E-state index in [0.717, 1.165) is 25.3 Å². The predicted molar refractivity (Wildman–Crippen MR) is 61.9 cm³/mol. The van der Waals surface area contributed by atoms with Crippen LogP contribution in [0.1, 0.15) is 18.3 Å². The number of methoxy groups -OCH3 is 1. The van der Waals surface area contributed by atoms with Crippen molar-refractivity contribution in [3.63, 3.8) is 0 Å². The molecule has 0 spiro atoms. The minimum absolute atomic E-state index is 0.506.